The second-order valence-electron chi connectivity index (χ2n) is 3.10. The summed E-state index contributed by atoms with van der Waals surface area (Å²) in [5, 5.41) is 9.04. The number of benzene rings is 1. The molecule has 0 saturated carbocycles. The zero-order valence-corrected chi connectivity index (χ0v) is 9.09. The molecule has 0 aliphatic carbocycles. The lowest BCUT2D eigenvalue weighted by Crippen LogP contribution is -2.04. The summed E-state index contributed by atoms with van der Waals surface area (Å²) in [6.07, 6.45) is 7.30. The van der Waals surface area contributed by atoms with E-state index in [0.29, 0.717) is 5.56 Å². The van der Waals surface area contributed by atoms with Crippen LogP contribution in [0, 0.1) is 0 Å². The molecule has 3 nitrogen and oxygen atoms in total. The van der Waals surface area contributed by atoms with Gasteiger partial charge in [-0.05, 0) is 37.3 Å². The third kappa shape index (κ3) is 4.00. The van der Waals surface area contributed by atoms with Crippen molar-refractivity contribution in [2.75, 3.05) is 6.61 Å². The molecule has 1 rings (SSSR count). The van der Waals surface area contributed by atoms with E-state index in [4.69, 9.17) is 9.84 Å². The second kappa shape index (κ2) is 6.45. The second-order valence-corrected chi connectivity index (χ2v) is 3.10. The number of hydrogen-bond donors (Lipinski definition) is 1. The Kier molecular flexibility index (Phi) is 4.86. The summed E-state index contributed by atoms with van der Waals surface area (Å²) in [6, 6.07) is 5.94. The van der Waals surface area contributed by atoms with Crippen molar-refractivity contribution in [1.29, 1.82) is 0 Å². The van der Waals surface area contributed by atoms with Gasteiger partial charge < -0.3 is 9.84 Å². The Morgan fingerprint density at radius 1 is 1.31 bits per heavy atom. The van der Waals surface area contributed by atoms with E-state index in [-0.39, 0.29) is 12.4 Å². The SMILES string of the molecule is CC=CC=CCOC(=O)c1ccc(O)cc1. The molecule has 0 aromatic heterocycles. The highest BCUT2D eigenvalue weighted by Gasteiger charge is 2.04. The number of carbonyl (C=O) groups is 1. The molecule has 84 valence electrons. The van der Waals surface area contributed by atoms with Crippen LogP contribution in [0.3, 0.4) is 0 Å². The van der Waals surface area contributed by atoms with Gasteiger partial charge in [0.1, 0.15) is 12.4 Å². The molecule has 0 unspecified atom stereocenters. The normalized spacial score (nSPS) is 11.1. The Hall–Kier alpha value is -2.03. The number of phenolic OH excluding ortho intramolecular Hbond substituents is 1. The van der Waals surface area contributed by atoms with E-state index in [0.717, 1.165) is 0 Å². The zero-order valence-electron chi connectivity index (χ0n) is 9.09. The van der Waals surface area contributed by atoms with Crippen LogP contribution in [0.2, 0.25) is 0 Å². The molecule has 0 aliphatic rings. The van der Waals surface area contributed by atoms with E-state index in [1.54, 1.807) is 6.08 Å². The zero-order chi connectivity index (χ0) is 11.8. The van der Waals surface area contributed by atoms with Crippen LogP contribution < -0.4 is 0 Å². The summed E-state index contributed by atoms with van der Waals surface area (Å²) in [4.78, 5) is 11.4. The van der Waals surface area contributed by atoms with Gasteiger partial charge in [0.05, 0.1) is 5.56 Å². The van der Waals surface area contributed by atoms with Gasteiger partial charge in [0.2, 0.25) is 0 Å². The van der Waals surface area contributed by atoms with Gasteiger partial charge in [-0.25, -0.2) is 4.79 Å². The van der Waals surface area contributed by atoms with Gasteiger partial charge in [0, 0.05) is 0 Å². The molecule has 0 spiro atoms. The Bertz CT molecular complexity index is 388. The monoisotopic (exact) mass is 218 g/mol. The van der Waals surface area contributed by atoms with Crippen LogP contribution in [0.5, 0.6) is 5.75 Å². The van der Waals surface area contributed by atoms with Crippen LogP contribution in [-0.2, 0) is 4.74 Å². The molecule has 1 aromatic rings. The molecule has 0 radical (unpaired) electrons. The van der Waals surface area contributed by atoms with E-state index in [9.17, 15) is 4.79 Å². The summed E-state index contributed by atoms with van der Waals surface area (Å²) < 4.78 is 4.97. The number of aromatic hydroxyl groups is 1. The highest BCUT2D eigenvalue weighted by Crippen LogP contribution is 2.10. The fourth-order valence-corrected chi connectivity index (χ4v) is 1.05. The fourth-order valence-electron chi connectivity index (χ4n) is 1.05. The van der Waals surface area contributed by atoms with Crippen molar-refractivity contribution in [3.8, 4) is 5.75 Å². The molecule has 0 atom stereocenters. The maximum atomic E-state index is 11.4. The van der Waals surface area contributed by atoms with Crippen LogP contribution in [0.1, 0.15) is 17.3 Å². The molecule has 3 heteroatoms. The molecular formula is C13H14O3. The minimum atomic E-state index is -0.398. The first-order chi connectivity index (χ1) is 7.74. The Labute approximate surface area is 94.7 Å². The third-order valence-electron chi connectivity index (χ3n) is 1.85. The first-order valence-corrected chi connectivity index (χ1v) is 4.98. The van der Waals surface area contributed by atoms with Gasteiger partial charge in [-0.3, -0.25) is 0 Å². The molecule has 1 aromatic carbocycles. The predicted octanol–water partition coefficient (Wildman–Crippen LogP) is 2.68. The third-order valence-corrected chi connectivity index (χ3v) is 1.85. The lowest BCUT2D eigenvalue weighted by molar-refractivity contribution is 0.0549. The number of phenols is 1. The molecule has 16 heavy (non-hydrogen) atoms. The smallest absolute Gasteiger partial charge is 0.338 e. The first-order valence-electron chi connectivity index (χ1n) is 4.98. The van der Waals surface area contributed by atoms with E-state index < -0.39 is 5.97 Å². The van der Waals surface area contributed by atoms with Crippen molar-refractivity contribution in [3.63, 3.8) is 0 Å². The Morgan fingerprint density at radius 2 is 2.00 bits per heavy atom. The number of hydrogen-bond acceptors (Lipinski definition) is 3. The van der Waals surface area contributed by atoms with Gasteiger partial charge in [-0.15, -0.1) is 0 Å². The van der Waals surface area contributed by atoms with Gasteiger partial charge in [-0.2, -0.15) is 0 Å². The standard InChI is InChI=1S/C13H14O3/c1-2-3-4-5-10-16-13(15)11-6-8-12(14)9-7-11/h2-9,14H,10H2,1H3. The van der Waals surface area contributed by atoms with E-state index in [2.05, 4.69) is 0 Å². The van der Waals surface area contributed by atoms with Crippen LogP contribution in [0.15, 0.2) is 48.6 Å². The number of allylic oxidation sites excluding steroid dienone is 3. The van der Waals surface area contributed by atoms with Crippen molar-refractivity contribution in [1.82, 2.24) is 0 Å². The van der Waals surface area contributed by atoms with Crippen LogP contribution >= 0.6 is 0 Å². The maximum absolute atomic E-state index is 11.4. The number of carbonyl (C=O) groups excluding carboxylic acids is 1. The van der Waals surface area contributed by atoms with Gasteiger partial charge >= 0.3 is 5.97 Å². The van der Waals surface area contributed by atoms with E-state index in [1.807, 2.05) is 25.2 Å². The average molecular weight is 218 g/mol. The predicted molar refractivity (Wildman–Crippen MR) is 62.3 cm³/mol. The largest absolute Gasteiger partial charge is 0.508 e. The molecule has 0 aliphatic heterocycles. The van der Waals surface area contributed by atoms with Crippen molar-refractivity contribution >= 4 is 5.97 Å². The Balaban J connectivity index is 2.44. The van der Waals surface area contributed by atoms with E-state index in [1.165, 1.54) is 24.3 Å². The number of esters is 1. The van der Waals surface area contributed by atoms with Crippen molar-refractivity contribution in [2.24, 2.45) is 0 Å². The summed E-state index contributed by atoms with van der Waals surface area (Å²) >= 11 is 0. The quantitative estimate of drug-likeness (QED) is 0.624. The van der Waals surface area contributed by atoms with Crippen LogP contribution in [0.4, 0.5) is 0 Å². The Morgan fingerprint density at radius 3 is 2.62 bits per heavy atom. The summed E-state index contributed by atoms with van der Waals surface area (Å²) in [6.45, 7) is 2.15. The van der Waals surface area contributed by atoms with Crippen molar-refractivity contribution in [3.05, 3.63) is 54.1 Å². The average Bonchev–Trinajstić information content (AvgIpc) is 2.29. The minimum Gasteiger partial charge on any atom is -0.508 e. The fraction of sp³-hybridized carbons (Fsp3) is 0.154. The van der Waals surface area contributed by atoms with Gasteiger partial charge in [0.15, 0.2) is 0 Å². The van der Waals surface area contributed by atoms with Gasteiger partial charge in [0.25, 0.3) is 0 Å². The highest BCUT2D eigenvalue weighted by atomic mass is 16.5. The summed E-state index contributed by atoms with van der Waals surface area (Å²) in [5.41, 5.74) is 0.428. The molecule has 0 amide bonds. The number of rotatable bonds is 4. The van der Waals surface area contributed by atoms with Crippen molar-refractivity contribution < 1.29 is 14.6 Å². The number of ether oxygens (including phenoxy) is 1. The summed E-state index contributed by atoms with van der Waals surface area (Å²) in [5.74, 6) is -0.269. The van der Waals surface area contributed by atoms with Crippen molar-refractivity contribution in [2.45, 2.75) is 6.92 Å². The topological polar surface area (TPSA) is 46.5 Å². The lowest BCUT2D eigenvalue weighted by atomic mass is 10.2. The molecule has 0 fully saturated rings. The van der Waals surface area contributed by atoms with Gasteiger partial charge in [-0.1, -0.05) is 18.2 Å². The first kappa shape index (κ1) is 12.0. The van der Waals surface area contributed by atoms with Crippen LogP contribution in [-0.4, -0.2) is 17.7 Å². The maximum Gasteiger partial charge on any atom is 0.338 e. The van der Waals surface area contributed by atoms with E-state index >= 15 is 0 Å². The highest BCUT2D eigenvalue weighted by molar-refractivity contribution is 5.89. The molecule has 0 heterocycles. The molecule has 0 bridgehead atoms. The minimum absolute atomic E-state index is 0.129. The molecule has 1 N–H and O–H groups in total. The van der Waals surface area contributed by atoms with Crippen LogP contribution in [0.25, 0.3) is 0 Å². The molecular weight excluding hydrogens is 204 g/mol. The lowest BCUT2D eigenvalue weighted by Gasteiger charge is -2.01. The summed E-state index contributed by atoms with van der Waals surface area (Å²) in [7, 11) is 0. The molecule has 0 saturated heterocycles.